The molecule has 0 bridgehead atoms. The summed E-state index contributed by atoms with van der Waals surface area (Å²) in [7, 11) is 1.54. The predicted octanol–water partition coefficient (Wildman–Crippen LogP) is 6.14. The van der Waals surface area contributed by atoms with E-state index in [1.165, 1.54) is 0 Å². The number of methoxy groups -OCH3 is 1. The molecule has 0 aromatic heterocycles. The van der Waals surface area contributed by atoms with E-state index in [2.05, 4.69) is 10.2 Å². The molecule has 0 saturated carbocycles. The minimum atomic E-state index is -0.189. The Balaban J connectivity index is 1.12. The summed E-state index contributed by atoms with van der Waals surface area (Å²) in [6.07, 6.45) is 0. The van der Waals surface area contributed by atoms with Crippen molar-refractivity contribution in [3.05, 3.63) is 119 Å². The number of hydrogen-bond donors (Lipinski definition) is 1. The zero-order valence-electron chi connectivity index (χ0n) is 22.2. The van der Waals surface area contributed by atoms with Crippen LogP contribution in [0.4, 0.5) is 11.4 Å². The number of anilines is 2. The third kappa shape index (κ3) is 6.55. The van der Waals surface area contributed by atoms with Crippen LogP contribution < -0.4 is 19.7 Å². The number of halogens is 1. The van der Waals surface area contributed by atoms with Crippen molar-refractivity contribution in [1.82, 2.24) is 4.90 Å². The van der Waals surface area contributed by atoms with Crippen LogP contribution in [0.5, 0.6) is 11.5 Å². The summed E-state index contributed by atoms with van der Waals surface area (Å²) in [6, 6.07) is 29.8. The number of benzene rings is 4. The molecular formula is C32H30ClN3O4. The first-order valence-corrected chi connectivity index (χ1v) is 13.4. The molecule has 7 nitrogen and oxygen atoms in total. The fourth-order valence-corrected chi connectivity index (χ4v) is 4.76. The SMILES string of the molecule is COc1ccc(Cl)cc1C(=O)N1CCN(c2ccc(NC(=O)c3ccc(OCc4ccccc4)cc3)cc2)CC1. The highest BCUT2D eigenvalue weighted by Gasteiger charge is 2.25. The number of nitrogens with one attached hydrogen (secondary N) is 1. The maximum Gasteiger partial charge on any atom is 0.257 e. The molecule has 1 heterocycles. The van der Waals surface area contributed by atoms with Crippen LogP contribution in [0.3, 0.4) is 0 Å². The maximum atomic E-state index is 13.1. The van der Waals surface area contributed by atoms with Crippen molar-refractivity contribution in [2.45, 2.75) is 6.61 Å². The molecule has 1 aliphatic rings. The number of carbonyl (C=O) groups is 2. The Morgan fingerprint density at radius 1 is 0.850 bits per heavy atom. The lowest BCUT2D eigenvalue weighted by Crippen LogP contribution is -2.48. The molecule has 5 rings (SSSR count). The smallest absolute Gasteiger partial charge is 0.257 e. The van der Waals surface area contributed by atoms with E-state index in [1.54, 1.807) is 49.6 Å². The van der Waals surface area contributed by atoms with Crippen LogP contribution in [0.15, 0.2) is 97.1 Å². The van der Waals surface area contributed by atoms with Crippen molar-refractivity contribution >= 4 is 34.8 Å². The number of hydrogen-bond acceptors (Lipinski definition) is 5. The zero-order valence-corrected chi connectivity index (χ0v) is 22.9. The zero-order chi connectivity index (χ0) is 27.9. The van der Waals surface area contributed by atoms with Gasteiger partial charge in [-0.05, 0) is 72.3 Å². The monoisotopic (exact) mass is 555 g/mol. The molecule has 204 valence electrons. The number of piperazine rings is 1. The summed E-state index contributed by atoms with van der Waals surface area (Å²) in [5.74, 6) is 0.943. The van der Waals surface area contributed by atoms with E-state index in [0.717, 1.165) is 11.3 Å². The second kappa shape index (κ2) is 12.6. The third-order valence-corrected chi connectivity index (χ3v) is 7.05. The van der Waals surface area contributed by atoms with Crippen LogP contribution >= 0.6 is 11.6 Å². The fraction of sp³-hybridized carbons (Fsp3) is 0.188. The van der Waals surface area contributed by atoms with Gasteiger partial charge in [-0.15, -0.1) is 0 Å². The number of rotatable bonds is 8. The number of carbonyl (C=O) groups excluding carboxylic acids is 2. The summed E-state index contributed by atoms with van der Waals surface area (Å²) in [5, 5.41) is 3.45. The van der Waals surface area contributed by atoms with E-state index >= 15 is 0 Å². The maximum absolute atomic E-state index is 13.1. The van der Waals surface area contributed by atoms with Crippen molar-refractivity contribution in [1.29, 1.82) is 0 Å². The van der Waals surface area contributed by atoms with Crippen LogP contribution in [-0.2, 0) is 6.61 Å². The average molecular weight is 556 g/mol. The van der Waals surface area contributed by atoms with Gasteiger partial charge in [0, 0.05) is 48.1 Å². The summed E-state index contributed by atoms with van der Waals surface area (Å²) in [5.41, 5.74) is 3.85. The fourth-order valence-electron chi connectivity index (χ4n) is 4.59. The highest BCUT2D eigenvalue weighted by atomic mass is 35.5. The van der Waals surface area contributed by atoms with Crippen LogP contribution in [0.2, 0.25) is 5.02 Å². The van der Waals surface area contributed by atoms with Gasteiger partial charge in [0.15, 0.2) is 0 Å². The number of ether oxygens (including phenoxy) is 2. The number of nitrogens with zero attached hydrogens (tertiary/aromatic N) is 2. The molecule has 0 unspecified atom stereocenters. The first-order chi connectivity index (χ1) is 19.5. The molecule has 1 saturated heterocycles. The quantitative estimate of drug-likeness (QED) is 0.283. The largest absolute Gasteiger partial charge is 0.496 e. The highest BCUT2D eigenvalue weighted by Crippen LogP contribution is 2.26. The second-order valence-electron chi connectivity index (χ2n) is 9.42. The summed E-state index contributed by atoms with van der Waals surface area (Å²) < 4.78 is 11.2. The van der Waals surface area contributed by atoms with Gasteiger partial charge in [-0.1, -0.05) is 41.9 Å². The van der Waals surface area contributed by atoms with Crippen molar-refractivity contribution in [2.75, 3.05) is 43.5 Å². The Labute approximate surface area is 238 Å². The van der Waals surface area contributed by atoms with Gasteiger partial charge in [0.2, 0.25) is 0 Å². The molecule has 0 radical (unpaired) electrons. The molecule has 0 spiro atoms. The van der Waals surface area contributed by atoms with Crippen LogP contribution in [0, 0.1) is 0 Å². The third-order valence-electron chi connectivity index (χ3n) is 6.81. The van der Waals surface area contributed by atoms with Gasteiger partial charge in [0.1, 0.15) is 18.1 Å². The van der Waals surface area contributed by atoms with Crippen molar-refractivity contribution < 1.29 is 19.1 Å². The normalized spacial score (nSPS) is 13.1. The van der Waals surface area contributed by atoms with Crippen LogP contribution in [-0.4, -0.2) is 50.0 Å². The molecule has 1 fully saturated rings. The molecule has 4 aromatic carbocycles. The lowest BCUT2D eigenvalue weighted by Gasteiger charge is -2.36. The Kier molecular flexibility index (Phi) is 8.52. The van der Waals surface area contributed by atoms with E-state index in [4.69, 9.17) is 21.1 Å². The van der Waals surface area contributed by atoms with E-state index in [-0.39, 0.29) is 11.8 Å². The van der Waals surface area contributed by atoms with E-state index < -0.39 is 0 Å². The highest BCUT2D eigenvalue weighted by molar-refractivity contribution is 6.31. The predicted molar refractivity (Wildman–Crippen MR) is 158 cm³/mol. The van der Waals surface area contributed by atoms with E-state index in [9.17, 15) is 9.59 Å². The van der Waals surface area contributed by atoms with Gasteiger partial charge in [0.25, 0.3) is 11.8 Å². The van der Waals surface area contributed by atoms with Crippen molar-refractivity contribution in [2.24, 2.45) is 0 Å². The molecule has 1 aliphatic heterocycles. The standard InChI is InChI=1S/C32H30ClN3O4/c1-39-30-16-9-25(33)21-29(30)32(38)36-19-17-35(18-20-36)27-12-10-26(11-13-27)34-31(37)24-7-14-28(15-8-24)40-22-23-5-3-2-4-6-23/h2-16,21H,17-20,22H2,1H3,(H,34,37). The van der Waals surface area contributed by atoms with Gasteiger partial charge in [-0.2, -0.15) is 0 Å². The Hall–Kier alpha value is -4.49. The van der Waals surface area contributed by atoms with Gasteiger partial charge in [-0.25, -0.2) is 0 Å². The van der Waals surface area contributed by atoms with E-state index in [1.807, 2.05) is 59.5 Å². The Bertz CT molecular complexity index is 1450. The van der Waals surface area contributed by atoms with Gasteiger partial charge < -0.3 is 24.6 Å². The molecule has 4 aromatic rings. The summed E-state index contributed by atoms with van der Waals surface area (Å²) in [4.78, 5) is 29.9. The van der Waals surface area contributed by atoms with Gasteiger partial charge >= 0.3 is 0 Å². The minimum absolute atomic E-state index is 0.0900. The summed E-state index contributed by atoms with van der Waals surface area (Å²) in [6.45, 7) is 3.02. The lowest BCUT2D eigenvalue weighted by molar-refractivity contribution is 0.0743. The number of amides is 2. The Morgan fingerprint density at radius 2 is 1.55 bits per heavy atom. The van der Waals surface area contributed by atoms with E-state index in [0.29, 0.717) is 66.1 Å². The Morgan fingerprint density at radius 3 is 2.23 bits per heavy atom. The molecule has 1 N–H and O–H groups in total. The lowest BCUT2D eigenvalue weighted by atomic mass is 10.1. The topological polar surface area (TPSA) is 71.1 Å². The average Bonchev–Trinajstić information content (AvgIpc) is 3.01. The molecular weight excluding hydrogens is 526 g/mol. The molecule has 8 heteroatoms. The van der Waals surface area contributed by atoms with Crippen molar-refractivity contribution in [3.8, 4) is 11.5 Å². The van der Waals surface area contributed by atoms with Crippen LogP contribution in [0.25, 0.3) is 0 Å². The molecule has 2 amide bonds. The molecule has 40 heavy (non-hydrogen) atoms. The van der Waals surface area contributed by atoms with Crippen LogP contribution in [0.1, 0.15) is 26.3 Å². The van der Waals surface area contributed by atoms with Crippen molar-refractivity contribution in [3.63, 3.8) is 0 Å². The van der Waals surface area contributed by atoms with Gasteiger partial charge in [0.05, 0.1) is 12.7 Å². The molecule has 0 atom stereocenters. The second-order valence-corrected chi connectivity index (χ2v) is 9.86. The summed E-state index contributed by atoms with van der Waals surface area (Å²) >= 11 is 6.11. The first kappa shape index (κ1) is 27.1. The molecule has 0 aliphatic carbocycles. The van der Waals surface area contributed by atoms with Gasteiger partial charge in [-0.3, -0.25) is 9.59 Å². The first-order valence-electron chi connectivity index (χ1n) is 13.1. The minimum Gasteiger partial charge on any atom is -0.496 e.